The second-order valence-corrected chi connectivity index (χ2v) is 7.31. The molecule has 9 nitrogen and oxygen atoms in total. The van der Waals surface area contributed by atoms with E-state index in [1.807, 2.05) is 4.57 Å². The Morgan fingerprint density at radius 2 is 2.00 bits per heavy atom. The number of amides is 1. The first-order valence-corrected chi connectivity index (χ1v) is 10.1. The van der Waals surface area contributed by atoms with Crippen LogP contribution in [0.4, 0.5) is 4.39 Å². The zero-order valence-electron chi connectivity index (χ0n) is 17.0. The lowest BCUT2D eigenvalue weighted by Gasteiger charge is -2.09. The van der Waals surface area contributed by atoms with E-state index in [9.17, 15) is 9.18 Å². The smallest absolute Gasteiger partial charge is 0.243 e. The van der Waals surface area contributed by atoms with E-state index < -0.39 is 0 Å². The molecule has 0 aliphatic carbocycles. The molecule has 0 saturated carbocycles. The lowest BCUT2D eigenvalue weighted by atomic mass is 10.2. The summed E-state index contributed by atoms with van der Waals surface area (Å²) in [5.41, 5.74) is 1.53. The van der Waals surface area contributed by atoms with Crippen LogP contribution in [-0.2, 0) is 29.7 Å². The van der Waals surface area contributed by atoms with Gasteiger partial charge in [0.1, 0.15) is 11.4 Å². The fourth-order valence-corrected chi connectivity index (χ4v) is 3.53. The highest BCUT2D eigenvalue weighted by Gasteiger charge is 2.20. The highest BCUT2D eigenvalue weighted by molar-refractivity contribution is 7.99. The summed E-state index contributed by atoms with van der Waals surface area (Å²) in [4.78, 5) is 12.2. The molecule has 0 atom stereocenters. The summed E-state index contributed by atoms with van der Waals surface area (Å²) < 4.78 is 27.0. The molecule has 0 radical (unpaired) electrons. The molecule has 0 aliphatic rings. The maximum absolute atomic E-state index is 13.0. The van der Waals surface area contributed by atoms with Crippen LogP contribution in [0.5, 0.6) is 5.88 Å². The number of aromatic nitrogens is 5. The predicted molar refractivity (Wildman–Crippen MR) is 110 cm³/mol. The molecule has 1 amide bonds. The van der Waals surface area contributed by atoms with Crippen molar-refractivity contribution in [2.45, 2.75) is 18.2 Å². The molecule has 0 fully saturated rings. The Hall–Kier alpha value is -2.92. The van der Waals surface area contributed by atoms with Gasteiger partial charge in [0, 0.05) is 26.9 Å². The molecule has 0 saturated heterocycles. The summed E-state index contributed by atoms with van der Waals surface area (Å²) >= 11 is 1.27. The quantitative estimate of drug-likeness (QED) is 0.487. The van der Waals surface area contributed by atoms with Crippen molar-refractivity contribution in [3.8, 4) is 17.3 Å². The largest absolute Gasteiger partial charge is 0.479 e. The lowest BCUT2D eigenvalue weighted by Crippen LogP contribution is -2.24. The standard InChI is InChI=1S/C19H23FN6O3S/c1-25-11-15(18(24-25)29-3)17-22-23-19(26(17)8-9-28-2)30-12-16(27)21-10-13-4-6-14(20)7-5-13/h4-7,11H,8-10,12H2,1-3H3,(H,21,27). The number of nitrogens with zero attached hydrogens (tertiary/aromatic N) is 5. The Labute approximate surface area is 177 Å². The number of hydrogen-bond acceptors (Lipinski definition) is 7. The van der Waals surface area contributed by atoms with Gasteiger partial charge >= 0.3 is 0 Å². The average molecular weight is 434 g/mol. The third-order valence-electron chi connectivity index (χ3n) is 4.20. The fraction of sp³-hybridized carbons (Fsp3) is 0.368. The van der Waals surface area contributed by atoms with Crippen molar-refractivity contribution in [3.05, 3.63) is 41.8 Å². The van der Waals surface area contributed by atoms with E-state index in [0.29, 0.717) is 42.1 Å². The van der Waals surface area contributed by atoms with Gasteiger partial charge in [-0.05, 0) is 17.7 Å². The molecule has 1 N–H and O–H groups in total. The number of carbonyl (C=O) groups is 1. The molecule has 0 unspecified atom stereocenters. The molecular formula is C19H23FN6O3S. The fourth-order valence-electron chi connectivity index (χ4n) is 2.74. The van der Waals surface area contributed by atoms with E-state index in [-0.39, 0.29) is 17.5 Å². The van der Waals surface area contributed by atoms with Gasteiger partial charge in [-0.25, -0.2) is 4.39 Å². The number of hydrogen-bond donors (Lipinski definition) is 1. The van der Waals surface area contributed by atoms with Gasteiger partial charge in [-0.15, -0.1) is 15.3 Å². The first-order valence-electron chi connectivity index (χ1n) is 9.16. The maximum atomic E-state index is 13.0. The normalized spacial score (nSPS) is 10.9. The third kappa shape index (κ3) is 5.36. The number of aryl methyl sites for hydroxylation is 1. The van der Waals surface area contributed by atoms with Crippen LogP contribution in [0.3, 0.4) is 0 Å². The van der Waals surface area contributed by atoms with E-state index in [2.05, 4.69) is 20.6 Å². The minimum absolute atomic E-state index is 0.161. The van der Waals surface area contributed by atoms with Gasteiger partial charge in [0.05, 0.1) is 26.0 Å². The minimum atomic E-state index is -0.308. The molecule has 3 aromatic rings. The highest BCUT2D eigenvalue weighted by atomic mass is 32.2. The van der Waals surface area contributed by atoms with Gasteiger partial charge in [0.2, 0.25) is 11.8 Å². The summed E-state index contributed by atoms with van der Waals surface area (Å²) in [6.45, 7) is 1.29. The molecule has 2 heterocycles. The lowest BCUT2D eigenvalue weighted by molar-refractivity contribution is -0.118. The van der Waals surface area contributed by atoms with Crippen LogP contribution in [0.2, 0.25) is 0 Å². The predicted octanol–water partition coefficient (Wildman–Crippen LogP) is 1.88. The molecule has 11 heteroatoms. The first kappa shape index (κ1) is 21.8. The zero-order valence-corrected chi connectivity index (χ0v) is 17.8. The Morgan fingerprint density at radius 1 is 1.23 bits per heavy atom. The highest BCUT2D eigenvalue weighted by Crippen LogP contribution is 2.29. The van der Waals surface area contributed by atoms with Crippen molar-refractivity contribution in [2.24, 2.45) is 7.05 Å². The van der Waals surface area contributed by atoms with Crippen molar-refractivity contribution in [1.82, 2.24) is 29.9 Å². The third-order valence-corrected chi connectivity index (χ3v) is 5.17. The number of nitrogens with one attached hydrogen (secondary N) is 1. The Bertz CT molecular complexity index is 989. The summed E-state index contributed by atoms with van der Waals surface area (Å²) in [7, 11) is 4.95. The second kappa shape index (κ2) is 10.2. The first-order chi connectivity index (χ1) is 14.5. The van der Waals surface area contributed by atoms with E-state index in [4.69, 9.17) is 9.47 Å². The van der Waals surface area contributed by atoms with Gasteiger partial charge in [-0.2, -0.15) is 0 Å². The van der Waals surface area contributed by atoms with Crippen molar-refractivity contribution in [2.75, 3.05) is 26.6 Å². The number of carbonyl (C=O) groups excluding carboxylic acids is 1. The van der Waals surface area contributed by atoms with E-state index in [0.717, 1.165) is 5.56 Å². The molecule has 3 rings (SSSR count). The van der Waals surface area contributed by atoms with E-state index in [1.54, 1.807) is 44.3 Å². The minimum Gasteiger partial charge on any atom is -0.479 e. The number of benzene rings is 1. The van der Waals surface area contributed by atoms with E-state index in [1.165, 1.54) is 23.9 Å². The van der Waals surface area contributed by atoms with Crippen LogP contribution < -0.4 is 10.1 Å². The van der Waals surface area contributed by atoms with Crippen LogP contribution in [-0.4, -0.2) is 57.0 Å². The number of ether oxygens (including phenoxy) is 2. The van der Waals surface area contributed by atoms with Crippen molar-refractivity contribution < 1.29 is 18.7 Å². The SMILES string of the molecule is COCCn1c(SCC(=O)NCc2ccc(F)cc2)nnc1-c1cn(C)nc1OC. The van der Waals surface area contributed by atoms with Gasteiger partial charge in [-0.3, -0.25) is 14.0 Å². The summed E-state index contributed by atoms with van der Waals surface area (Å²) in [6.07, 6.45) is 1.80. The maximum Gasteiger partial charge on any atom is 0.243 e. The number of thioether (sulfide) groups is 1. The van der Waals surface area contributed by atoms with E-state index >= 15 is 0 Å². The summed E-state index contributed by atoms with van der Waals surface area (Å²) in [6, 6.07) is 6.00. The van der Waals surface area contributed by atoms with Crippen molar-refractivity contribution in [3.63, 3.8) is 0 Å². The Balaban J connectivity index is 1.68. The number of halogens is 1. The van der Waals surface area contributed by atoms with Gasteiger partial charge in [0.15, 0.2) is 11.0 Å². The average Bonchev–Trinajstić information content (AvgIpc) is 3.32. The molecule has 2 aromatic heterocycles. The summed E-state index contributed by atoms with van der Waals surface area (Å²) in [5.74, 6) is 0.725. The second-order valence-electron chi connectivity index (χ2n) is 6.37. The topological polar surface area (TPSA) is 96.1 Å². The molecule has 0 aliphatic heterocycles. The van der Waals surface area contributed by atoms with Gasteiger partial charge in [-0.1, -0.05) is 23.9 Å². The summed E-state index contributed by atoms with van der Waals surface area (Å²) in [5, 5.41) is 16.2. The molecule has 160 valence electrons. The zero-order chi connectivity index (χ0) is 21.5. The Kier molecular flexibility index (Phi) is 7.41. The monoisotopic (exact) mass is 434 g/mol. The molecule has 0 bridgehead atoms. The van der Waals surface area contributed by atoms with Gasteiger partial charge < -0.3 is 14.8 Å². The van der Waals surface area contributed by atoms with Crippen LogP contribution in [0.1, 0.15) is 5.56 Å². The van der Waals surface area contributed by atoms with Crippen LogP contribution >= 0.6 is 11.8 Å². The number of methoxy groups -OCH3 is 2. The van der Waals surface area contributed by atoms with Crippen molar-refractivity contribution in [1.29, 1.82) is 0 Å². The van der Waals surface area contributed by atoms with Crippen molar-refractivity contribution >= 4 is 17.7 Å². The molecule has 0 spiro atoms. The van der Waals surface area contributed by atoms with Crippen LogP contribution in [0, 0.1) is 5.82 Å². The molecule has 30 heavy (non-hydrogen) atoms. The van der Waals surface area contributed by atoms with Crippen LogP contribution in [0.15, 0.2) is 35.6 Å². The molecule has 1 aromatic carbocycles. The van der Waals surface area contributed by atoms with Crippen LogP contribution in [0.25, 0.3) is 11.4 Å². The molecular weight excluding hydrogens is 411 g/mol. The Morgan fingerprint density at radius 3 is 2.70 bits per heavy atom. The van der Waals surface area contributed by atoms with Gasteiger partial charge in [0.25, 0.3) is 0 Å². The number of rotatable bonds is 10.